The number of halogens is 3. The molecule has 0 radical (unpaired) electrons. The molecule has 2 rings (SSSR count). The van der Waals surface area contributed by atoms with Crippen molar-refractivity contribution < 1.29 is 18.3 Å². The zero-order chi connectivity index (χ0) is 12.5. The van der Waals surface area contributed by atoms with E-state index >= 15 is 0 Å². The first-order valence-corrected chi connectivity index (χ1v) is 6.11. The summed E-state index contributed by atoms with van der Waals surface area (Å²) in [6.45, 7) is 1.36. The molecule has 6 heteroatoms. The van der Waals surface area contributed by atoms with Crippen LogP contribution in [0.2, 0.25) is 0 Å². The Morgan fingerprint density at radius 3 is 2.41 bits per heavy atom. The normalized spacial score (nSPS) is 33.2. The van der Waals surface area contributed by atoms with Gasteiger partial charge in [0, 0.05) is 12.6 Å². The molecule has 0 aliphatic carbocycles. The molecule has 17 heavy (non-hydrogen) atoms. The summed E-state index contributed by atoms with van der Waals surface area (Å²) < 4.78 is 38.9. The molecular formula is C11H19F3N2O. The van der Waals surface area contributed by atoms with Crippen molar-refractivity contribution in [1.82, 2.24) is 10.2 Å². The van der Waals surface area contributed by atoms with Crippen molar-refractivity contribution in [2.45, 2.75) is 31.5 Å². The molecule has 0 spiro atoms. The van der Waals surface area contributed by atoms with Crippen LogP contribution in [-0.2, 0) is 0 Å². The monoisotopic (exact) mass is 252 g/mol. The van der Waals surface area contributed by atoms with Gasteiger partial charge < -0.3 is 10.4 Å². The average Bonchev–Trinajstić information content (AvgIpc) is 2.75. The van der Waals surface area contributed by atoms with Crippen molar-refractivity contribution in [2.24, 2.45) is 5.41 Å². The topological polar surface area (TPSA) is 35.5 Å². The van der Waals surface area contributed by atoms with Gasteiger partial charge in [-0.05, 0) is 38.9 Å². The molecule has 0 aromatic carbocycles. The smallest absolute Gasteiger partial charge is 0.395 e. The molecule has 2 aliphatic heterocycles. The molecule has 0 bridgehead atoms. The number of aliphatic hydroxyl groups is 1. The summed E-state index contributed by atoms with van der Waals surface area (Å²) in [5.41, 5.74) is -1.89. The van der Waals surface area contributed by atoms with E-state index in [0.29, 0.717) is 6.54 Å². The summed E-state index contributed by atoms with van der Waals surface area (Å²) in [6.07, 6.45) is -2.47. The lowest BCUT2D eigenvalue weighted by atomic mass is 9.87. The van der Waals surface area contributed by atoms with Gasteiger partial charge in [0.05, 0.1) is 6.61 Å². The zero-order valence-electron chi connectivity index (χ0n) is 9.76. The highest BCUT2D eigenvalue weighted by molar-refractivity contribution is 4.97. The molecule has 2 aliphatic rings. The van der Waals surface area contributed by atoms with Crippen LogP contribution < -0.4 is 5.32 Å². The van der Waals surface area contributed by atoms with Crippen molar-refractivity contribution in [3.05, 3.63) is 0 Å². The Bertz CT molecular complexity index is 266. The summed E-state index contributed by atoms with van der Waals surface area (Å²) >= 11 is 0. The van der Waals surface area contributed by atoms with Gasteiger partial charge in [-0.2, -0.15) is 13.2 Å². The molecule has 100 valence electrons. The van der Waals surface area contributed by atoms with Gasteiger partial charge in [0.2, 0.25) is 0 Å². The Labute approximate surface area is 99.0 Å². The second-order valence-electron chi connectivity index (χ2n) is 5.14. The van der Waals surface area contributed by atoms with Gasteiger partial charge in [-0.1, -0.05) is 0 Å². The van der Waals surface area contributed by atoms with Crippen molar-refractivity contribution in [2.75, 3.05) is 32.8 Å². The third kappa shape index (κ3) is 2.44. The van der Waals surface area contributed by atoms with E-state index in [1.165, 1.54) is 0 Å². The third-order valence-corrected chi connectivity index (χ3v) is 4.11. The minimum atomic E-state index is -4.30. The van der Waals surface area contributed by atoms with Crippen LogP contribution in [-0.4, -0.2) is 55.0 Å². The maximum Gasteiger partial charge on any atom is 0.397 e. The molecule has 2 N–H and O–H groups in total. The second-order valence-corrected chi connectivity index (χ2v) is 5.14. The summed E-state index contributed by atoms with van der Waals surface area (Å²) in [4.78, 5) is 1.91. The SMILES string of the molecule is OCC1(C(F)(F)F)CCN(C2CCNCC2)C1. The van der Waals surface area contributed by atoms with Crippen LogP contribution in [0.5, 0.6) is 0 Å². The van der Waals surface area contributed by atoms with Crippen LogP contribution in [0, 0.1) is 5.41 Å². The van der Waals surface area contributed by atoms with Gasteiger partial charge in [0.1, 0.15) is 5.41 Å². The Kier molecular flexibility index (Phi) is 3.66. The van der Waals surface area contributed by atoms with Crippen LogP contribution in [0.3, 0.4) is 0 Å². The molecule has 0 amide bonds. The number of hydrogen-bond acceptors (Lipinski definition) is 3. The van der Waals surface area contributed by atoms with Crippen molar-refractivity contribution in [1.29, 1.82) is 0 Å². The average molecular weight is 252 g/mol. The predicted molar refractivity (Wildman–Crippen MR) is 57.7 cm³/mol. The lowest BCUT2D eigenvalue weighted by Gasteiger charge is -2.34. The maximum atomic E-state index is 13.0. The number of likely N-dealkylation sites (tertiary alicyclic amines) is 1. The zero-order valence-corrected chi connectivity index (χ0v) is 9.76. The number of nitrogens with zero attached hydrogens (tertiary/aromatic N) is 1. The minimum Gasteiger partial charge on any atom is -0.395 e. The molecule has 2 heterocycles. The highest BCUT2D eigenvalue weighted by Crippen LogP contribution is 2.45. The Morgan fingerprint density at radius 1 is 1.29 bits per heavy atom. The fourth-order valence-electron chi connectivity index (χ4n) is 2.84. The molecule has 1 unspecified atom stereocenters. The number of hydrogen-bond donors (Lipinski definition) is 2. The van der Waals surface area contributed by atoms with Crippen LogP contribution in [0.1, 0.15) is 19.3 Å². The highest BCUT2D eigenvalue weighted by Gasteiger charge is 2.58. The fraction of sp³-hybridized carbons (Fsp3) is 1.00. The van der Waals surface area contributed by atoms with Crippen LogP contribution in [0.4, 0.5) is 13.2 Å². The number of aliphatic hydroxyl groups excluding tert-OH is 1. The van der Waals surface area contributed by atoms with E-state index in [2.05, 4.69) is 5.32 Å². The van der Waals surface area contributed by atoms with Gasteiger partial charge in [-0.15, -0.1) is 0 Å². The fourth-order valence-corrected chi connectivity index (χ4v) is 2.84. The molecule has 0 aromatic rings. The van der Waals surface area contributed by atoms with E-state index in [4.69, 9.17) is 5.11 Å². The summed E-state index contributed by atoms with van der Waals surface area (Å²) in [6, 6.07) is 0.243. The molecule has 3 nitrogen and oxygen atoms in total. The number of rotatable bonds is 2. The minimum absolute atomic E-state index is 0.0247. The largest absolute Gasteiger partial charge is 0.397 e. The van der Waals surface area contributed by atoms with E-state index in [1.807, 2.05) is 4.90 Å². The quantitative estimate of drug-likeness (QED) is 0.769. The van der Waals surface area contributed by atoms with Crippen molar-refractivity contribution in [3.8, 4) is 0 Å². The second kappa shape index (κ2) is 4.74. The van der Waals surface area contributed by atoms with Gasteiger partial charge in [0.15, 0.2) is 0 Å². The molecule has 0 saturated carbocycles. The first-order chi connectivity index (χ1) is 7.98. The molecule has 1 atom stereocenters. The van der Waals surface area contributed by atoms with Crippen molar-refractivity contribution >= 4 is 0 Å². The Morgan fingerprint density at radius 2 is 1.94 bits per heavy atom. The van der Waals surface area contributed by atoms with E-state index in [0.717, 1.165) is 25.9 Å². The first-order valence-electron chi connectivity index (χ1n) is 6.11. The standard InChI is InChI=1S/C11H19F3N2O/c12-11(13,14)10(8-17)3-6-16(7-10)9-1-4-15-5-2-9/h9,15,17H,1-8H2. The van der Waals surface area contributed by atoms with Crippen LogP contribution >= 0.6 is 0 Å². The van der Waals surface area contributed by atoms with Crippen molar-refractivity contribution in [3.63, 3.8) is 0 Å². The molecular weight excluding hydrogens is 233 g/mol. The van der Waals surface area contributed by atoms with Crippen LogP contribution in [0.15, 0.2) is 0 Å². The van der Waals surface area contributed by atoms with E-state index < -0.39 is 18.2 Å². The Balaban J connectivity index is 2.02. The van der Waals surface area contributed by atoms with Gasteiger partial charge in [-0.3, -0.25) is 4.90 Å². The summed E-state index contributed by atoms with van der Waals surface area (Å²) in [5, 5.41) is 12.3. The Hall–Kier alpha value is -0.330. The molecule has 2 fully saturated rings. The first kappa shape index (κ1) is 13.1. The van der Waals surface area contributed by atoms with Gasteiger partial charge >= 0.3 is 6.18 Å². The number of alkyl halides is 3. The van der Waals surface area contributed by atoms with Crippen LogP contribution in [0.25, 0.3) is 0 Å². The predicted octanol–water partition coefficient (Wildman–Crippen LogP) is 0.985. The van der Waals surface area contributed by atoms with E-state index in [-0.39, 0.29) is 19.0 Å². The number of nitrogens with one attached hydrogen (secondary N) is 1. The lowest BCUT2D eigenvalue weighted by Crippen LogP contribution is -2.47. The molecule has 0 aromatic heterocycles. The van der Waals surface area contributed by atoms with Gasteiger partial charge in [0.25, 0.3) is 0 Å². The van der Waals surface area contributed by atoms with E-state index in [9.17, 15) is 13.2 Å². The highest BCUT2D eigenvalue weighted by atomic mass is 19.4. The third-order valence-electron chi connectivity index (χ3n) is 4.11. The van der Waals surface area contributed by atoms with E-state index in [1.54, 1.807) is 0 Å². The lowest BCUT2D eigenvalue weighted by molar-refractivity contribution is -0.231. The number of piperidine rings is 1. The summed E-state index contributed by atoms with van der Waals surface area (Å²) in [5.74, 6) is 0. The summed E-state index contributed by atoms with van der Waals surface area (Å²) in [7, 11) is 0. The maximum absolute atomic E-state index is 13.0. The molecule has 2 saturated heterocycles. The van der Waals surface area contributed by atoms with Gasteiger partial charge in [-0.25, -0.2) is 0 Å².